The molecule has 3 rings (SSSR count). The van der Waals surface area contributed by atoms with Crippen LogP contribution in [0, 0.1) is 5.41 Å². The molecule has 0 spiro atoms. The summed E-state index contributed by atoms with van der Waals surface area (Å²) in [5.41, 5.74) is 0.317. The molecule has 1 saturated heterocycles. The van der Waals surface area contributed by atoms with Crippen molar-refractivity contribution in [3.8, 4) is 16.2 Å². The van der Waals surface area contributed by atoms with Gasteiger partial charge in [0.1, 0.15) is 11.6 Å². The molecule has 26 heavy (non-hydrogen) atoms. The van der Waals surface area contributed by atoms with E-state index in [-0.39, 0.29) is 10.5 Å². The van der Waals surface area contributed by atoms with Crippen molar-refractivity contribution in [2.45, 2.75) is 37.7 Å². The number of hydrogen-bond donors (Lipinski definition) is 2. The van der Waals surface area contributed by atoms with E-state index in [4.69, 9.17) is 17.0 Å². The summed E-state index contributed by atoms with van der Waals surface area (Å²) in [6.45, 7) is 3.21. The van der Waals surface area contributed by atoms with E-state index in [0.29, 0.717) is 10.9 Å². The average molecular weight is 417 g/mol. The van der Waals surface area contributed by atoms with Gasteiger partial charge in [0.2, 0.25) is 0 Å². The minimum Gasteiger partial charge on any atom is -0.435 e. The SMILES string of the molecule is CC1(C)SC[C@@](C)(c2sc(-c3cccc(OC(F)F)c3)cc2Cl)NC1=N. The lowest BCUT2D eigenvalue weighted by atomic mass is 10.00. The molecule has 2 N–H and O–H groups in total. The van der Waals surface area contributed by atoms with Crippen LogP contribution in [0.4, 0.5) is 8.78 Å². The van der Waals surface area contributed by atoms with Crippen LogP contribution in [-0.2, 0) is 5.54 Å². The zero-order chi connectivity index (χ0) is 19.1. The van der Waals surface area contributed by atoms with Crippen LogP contribution in [0.3, 0.4) is 0 Å². The maximum Gasteiger partial charge on any atom is 0.387 e. The number of nitrogens with one attached hydrogen (secondary N) is 2. The first-order valence-corrected chi connectivity index (χ1v) is 10.1. The third-order valence-corrected chi connectivity index (χ3v) is 7.76. The average Bonchev–Trinajstić information content (AvgIpc) is 2.94. The molecule has 0 radical (unpaired) electrons. The van der Waals surface area contributed by atoms with E-state index in [1.807, 2.05) is 32.9 Å². The molecule has 140 valence electrons. The fourth-order valence-corrected chi connectivity index (χ4v) is 5.49. The van der Waals surface area contributed by atoms with Gasteiger partial charge in [-0.1, -0.05) is 23.7 Å². The first-order valence-electron chi connectivity index (χ1n) is 7.97. The second-order valence-electron chi connectivity index (χ2n) is 6.83. The van der Waals surface area contributed by atoms with Crippen LogP contribution >= 0.6 is 34.7 Å². The summed E-state index contributed by atoms with van der Waals surface area (Å²) < 4.78 is 29.1. The highest BCUT2D eigenvalue weighted by atomic mass is 35.5. The predicted molar refractivity (Wildman–Crippen MR) is 106 cm³/mol. The molecule has 2 heterocycles. The largest absolute Gasteiger partial charge is 0.435 e. The van der Waals surface area contributed by atoms with Crippen molar-refractivity contribution in [1.29, 1.82) is 5.41 Å². The number of halogens is 3. The Bertz CT molecular complexity index is 840. The monoisotopic (exact) mass is 416 g/mol. The van der Waals surface area contributed by atoms with Crippen LogP contribution < -0.4 is 10.1 Å². The van der Waals surface area contributed by atoms with Gasteiger partial charge in [-0.3, -0.25) is 5.41 Å². The van der Waals surface area contributed by atoms with Crippen LogP contribution in [0.5, 0.6) is 5.75 Å². The first-order chi connectivity index (χ1) is 12.1. The third-order valence-electron chi connectivity index (χ3n) is 4.26. The van der Waals surface area contributed by atoms with Gasteiger partial charge < -0.3 is 10.1 Å². The van der Waals surface area contributed by atoms with E-state index < -0.39 is 12.2 Å². The van der Waals surface area contributed by atoms with Crippen LogP contribution in [0.1, 0.15) is 25.6 Å². The Morgan fingerprint density at radius 2 is 2.00 bits per heavy atom. The van der Waals surface area contributed by atoms with Gasteiger partial charge in [-0.05, 0) is 44.5 Å². The van der Waals surface area contributed by atoms with E-state index in [0.717, 1.165) is 21.1 Å². The number of thioether (sulfide) groups is 1. The molecule has 1 atom stereocenters. The molecular weight excluding hydrogens is 398 g/mol. The van der Waals surface area contributed by atoms with Gasteiger partial charge in [0.25, 0.3) is 0 Å². The molecule has 3 nitrogen and oxygen atoms in total. The number of amidine groups is 1. The van der Waals surface area contributed by atoms with E-state index >= 15 is 0 Å². The summed E-state index contributed by atoms with van der Waals surface area (Å²) in [7, 11) is 0. The second kappa shape index (κ2) is 7.02. The van der Waals surface area contributed by atoms with Gasteiger partial charge in [-0.15, -0.1) is 23.1 Å². The zero-order valence-corrected chi connectivity index (χ0v) is 16.9. The number of rotatable bonds is 4. The number of benzene rings is 1. The summed E-state index contributed by atoms with van der Waals surface area (Å²) in [4.78, 5) is 1.80. The van der Waals surface area contributed by atoms with Crippen LogP contribution in [0.15, 0.2) is 30.3 Å². The lowest BCUT2D eigenvalue weighted by Crippen LogP contribution is -2.56. The van der Waals surface area contributed by atoms with E-state index in [9.17, 15) is 8.78 Å². The standard InChI is InChI=1S/C18H19ClF2N2OS2/c1-17(2)15(22)23-18(3,9-25-17)14-12(19)8-13(26-14)10-5-4-6-11(7-10)24-16(20)21/h4-8,16H,9H2,1-3H3,(H2,22,23)/t18-/m0/s1. The Morgan fingerprint density at radius 1 is 1.27 bits per heavy atom. The van der Waals surface area contributed by atoms with Crippen LogP contribution in [0.2, 0.25) is 5.02 Å². The molecule has 1 aliphatic heterocycles. The minimum atomic E-state index is -2.86. The van der Waals surface area contributed by atoms with E-state index in [1.165, 1.54) is 17.4 Å². The second-order valence-corrected chi connectivity index (χ2v) is 9.88. The molecule has 1 fully saturated rings. The van der Waals surface area contributed by atoms with Gasteiger partial charge in [0.15, 0.2) is 0 Å². The first kappa shape index (κ1) is 19.5. The van der Waals surface area contributed by atoms with Crippen LogP contribution in [-0.4, -0.2) is 22.9 Å². The lowest BCUT2D eigenvalue weighted by Gasteiger charge is -2.42. The van der Waals surface area contributed by atoms with E-state index in [1.54, 1.807) is 23.9 Å². The Balaban J connectivity index is 1.92. The molecule has 0 unspecified atom stereocenters. The van der Waals surface area contributed by atoms with Gasteiger partial charge in [-0.2, -0.15) is 8.78 Å². The van der Waals surface area contributed by atoms with E-state index in [2.05, 4.69) is 10.1 Å². The normalized spacial score (nSPS) is 22.3. The smallest absolute Gasteiger partial charge is 0.387 e. The highest BCUT2D eigenvalue weighted by Crippen LogP contribution is 2.45. The number of ether oxygens (including phenoxy) is 1. The summed E-state index contributed by atoms with van der Waals surface area (Å²) in [5, 5.41) is 12.2. The summed E-state index contributed by atoms with van der Waals surface area (Å²) >= 11 is 9.71. The Kier molecular flexibility index (Phi) is 5.25. The predicted octanol–water partition coefficient (Wildman–Crippen LogP) is 5.98. The van der Waals surface area contributed by atoms with Gasteiger partial charge in [0, 0.05) is 15.5 Å². The zero-order valence-electron chi connectivity index (χ0n) is 14.5. The molecular formula is C18H19ClF2N2OS2. The van der Waals surface area contributed by atoms with Crippen molar-refractivity contribution in [1.82, 2.24) is 5.32 Å². The van der Waals surface area contributed by atoms with Crippen molar-refractivity contribution in [3.05, 3.63) is 40.2 Å². The van der Waals surface area contributed by atoms with Crippen molar-refractivity contribution < 1.29 is 13.5 Å². The fourth-order valence-electron chi connectivity index (χ4n) is 2.69. The molecule has 1 aromatic carbocycles. The fraction of sp³-hybridized carbons (Fsp3) is 0.389. The van der Waals surface area contributed by atoms with Gasteiger partial charge >= 0.3 is 6.61 Å². The van der Waals surface area contributed by atoms with Crippen molar-refractivity contribution >= 4 is 40.5 Å². The summed E-state index contributed by atoms with van der Waals surface area (Å²) in [6.07, 6.45) is 0. The number of thiophene rings is 1. The molecule has 8 heteroatoms. The van der Waals surface area contributed by atoms with Crippen LogP contribution in [0.25, 0.3) is 10.4 Å². The maximum absolute atomic E-state index is 12.4. The Hall–Kier alpha value is -1.31. The molecule has 0 saturated carbocycles. The Labute approximate surface area is 164 Å². The number of hydrogen-bond acceptors (Lipinski definition) is 4. The topological polar surface area (TPSA) is 45.1 Å². The van der Waals surface area contributed by atoms with Gasteiger partial charge in [-0.25, -0.2) is 0 Å². The van der Waals surface area contributed by atoms with Crippen molar-refractivity contribution in [3.63, 3.8) is 0 Å². The molecule has 2 aromatic rings. The molecule has 0 aliphatic carbocycles. The molecule has 1 aliphatic rings. The van der Waals surface area contributed by atoms with Crippen molar-refractivity contribution in [2.75, 3.05) is 5.75 Å². The molecule has 0 bridgehead atoms. The highest BCUT2D eigenvalue weighted by Gasteiger charge is 2.42. The Morgan fingerprint density at radius 3 is 2.65 bits per heavy atom. The lowest BCUT2D eigenvalue weighted by molar-refractivity contribution is -0.0498. The third kappa shape index (κ3) is 3.85. The molecule has 0 amide bonds. The number of alkyl halides is 2. The summed E-state index contributed by atoms with van der Waals surface area (Å²) in [6, 6.07) is 8.42. The quantitative estimate of drug-likeness (QED) is 0.644. The minimum absolute atomic E-state index is 0.115. The summed E-state index contributed by atoms with van der Waals surface area (Å²) in [5.74, 6) is 1.36. The van der Waals surface area contributed by atoms with Gasteiger partial charge in [0.05, 0.1) is 15.3 Å². The maximum atomic E-state index is 12.4. The highest BCUT2D eigenvalue weighted by molar-refractivity contribution is 8.01. The van der Waals surface area contributed by atoms with Crippen molar-refractivity contribution in [2.24, 2.45) is 0 Å². The molecule has 1 aromatic heterocycles.